The summed E-state index contributed by atoms with van der Waals surface area (Å²) < 4.78 is 40.6. The number of aromatic hydroxyl groups is 1. The fourth-order valence-corrected chi connectivity index (χ4v) is 4.15. The van der Waals surface area contributed by atoms with E-state index < -0.39 is 35.2 Å². The van der Waals surface area contributed by atoms with Crippen LogP contribution in [0, 0.1) is 0 Å². The summed E-state index contributed by atoms with van der Waals surface area (Å²) >= 11 is 0. The largest absolute Gasteiger partial charge is 0.507 e. The number of carboxylic acid groups (broad SMARTS) is 1. The maximum Gasteiger partial charge on any atom is 0.416 e. The molecule has 1 aliphatic heterocycles. The van der Waals surface area contributed by atoms with Gasteiger partial charge in [0.1, 0.15) is 5.75 Å². The highest BCUT2D eigenvalue weighted by molar-refractivity contribution is 5.75. The van der Waals surface area contributed by atoms with Gasteiger partial charge in [0.05, 0.1) is 17.2 Å². The molecule has 1 aromatic heterocycles. The Balaban J connectivity index is 1.88. The van der Waals surface area contributed by atoms with E-state index in [0.29, 0.717) is 31.0 Å². The lowest BCUT2D eigenvalue weighted by Crippen LogP contribution is -2.42. The van der Waals surface area contributed by atoms with Crippen molar-refractivity contribution < 1.29 is 28.2 Å². The fraction of sp³-hybridized carbons (Fsp3) is 0.250. The molecule has 172 valence electrons. The van der Waals surface area contributed by atoms with Gasteiger partial charge in [-0.3, -0.25) is 4.79 Å². The van der Waals surface area contributed by atoms with Crippen LogP contribution < -0.4 is 5.56 Å². The minimum Gasteiger partial charge on any atom is -0.507 e. The van der Waals surface area contributed by atoms with Crippen molar-refractivity contribution in [1.29, 1.82) is 0 Å². The molecule has 1 atom stereocenters. The number of rotatable bonds is 3. The molecule has 0 spiro atoms. The molecule has 4 rings (SSSR count). The van der Waals surface area contributed by atoms with Crippen LogP contribution in [-0.4, -0.2) is 38.9 Å². The molecule has 33 heavy (non-hydrogen) atoms. The molecule has 6 nitrogen and oxygen atoms in total. The van der Waals surface area contributed by atoms with Gasteiger partial charge in [-0.15, -0.1) is 0 Å². The summed E-state index contributed by atoms with van der Waals surface area (Å²) in [4.78, 5) is 26.1. The number of alkyl halides is 3. The average molecular weight is 458 g/mol. The van der Waals surface area contributed by atoms with E-state index in [2.05, 4.69) is 0 Å². The van der Waals surface area contributed by atoms with Gasteiger partial charge in [0.15, 0.2) is 0 Å². The third-order valence-electron chi connectivity index (χ3n) is 5.83. The van der Waals surface area contributed by atoms with Gasteiger partial charge in [-0.2, -0.15) is 13.2 Å². The second kappa shape index (κ2) is 8.65. The number of nitrogens with zero attached hydrogens (tertiary/aromatic N) is 2. The van der Waals surface area contributed by atoms with E-state index in [1.165, 1.54) is 15.5 Å². The Morgan fingerprint density at radius 3 is 2.36 bits per heavy atom. The second-order valence-corrected chi connectivity index (χ2v) is 7.98. The third kappa shape index (κ3) is 4.57. The number of hydrogen-bond acceptors (Lipinski definition) is 3. The molecule has 0 radical (unpaired) electrons. The van der Waals surface area contributed by atoms with Crippen LogP contribution in [0.1, 0.15) is 24.4 Å². The van der Waals surface area contributed by atoms with Crippen molar-refractivity contribution >= 4 is 6.09 Å². The number of hydrogen-bond donors (Lipinski definition) is 2. The maximum atomic E-state index is 13.4. The van der Waals surface area contributed by atoms with Gasteiger partial charge in [0, 0.05) is 24.8 Å². The number of phenolic OH excluding ortho intramolecular Hbond substituents is 1. The molecule has 1 unspecified atom stereocenters. The quantitative estimate of drug-likeness (QED) is 0.564. The van der Waals surface area contributed by atoms with Crippen LogP contribution >= 0.6 is 0 Å². The van der Waals surface area contributed by atoms with Crippen LogP contribution in [0.25, 0.3) is 22.3 Å². The number of pyridine rings is 1. The van der Waals surface area contributed by atoms with Gasteiger partial charge in [0.2, 0.25) is 0 Å². The van der Waals surface area contributed by atoms with Gasteiger partial charge >= 0.3 is 12.3 Å². The summed E-state index contributed by atoms with van der Waals surface area (Å²) in [5.74, 6) is -0.658. The molecule has 1 saturated heterocycles. The van der Waals surface area contributed by atoms with Crippen molar-refractivity contribution in [3.8, 4) is 28.0 Å². The molecule has 1 amide bonds. The van der Waals surface area contributed by atoms with E-state index >= 15 is 0 Å². The Labute approximate surface area is 187 Å². The summed E-state index contributed by atoms with van der Waals surface area (Å²) in [5.41, 5.74) is -0.128. The number of likely N-dealkylation sites (tertiary alicyclic amines) is 1. The van der Waals surface area contributed by atoms with Crippen LogP contribution in [0.15, 0.2) is 65.6 Å². The van der Waals surface area contributed by atoms with Crippen molar-refractivity contribution in [2.45, 2.75) is 25.1 Å². The molecule has 0 bridgehead atoms. The zero-order valence-electron chi connectivity index (χ0n) is 17.4. The molecule has 1 fully saturated rings. The first-order valence-corrected chi connectivity index (χ1v) is 10.3. The van der Waals surface area contributed by atoms with E-state index in [9.17, 15) is 33.0 Å². The highest BCUT2D eigenvalue weighted by Gasteiger charge is 2.32. The van der Waals surface area contributed by atoms with Crippen molar-refractivity contribution in [2.24, 2.45) is 0 Å². The number of aromatic nitrogens is 1. The SMILES string of the molecule is O=C(O)N1CCCC(n2cc(-c3ccccc3)cc(-c3ccc(C(F)(F)F)cc3O)c2=O)C1. The molecule has 0 aliphatic carbocycles. The second-order valence-electron chi connectivity index (χ2n) is 7.98. The Morgan fingerprint density at radius 2 is 1.73 bits per heavy atom. The van der Waals surface area contributed by atoms with E-state index in [4.69, 9.17) is 0 Å². The number of halogens is 3. The maximum absolute atomic E-state index is 13.4. The van der Waals surface area contributed by atoms with Gasteiger partial charge in [-0.1, -0.05) is 30.3 Å². The molecule has 2 heterocycles. The lowest BCUT2D eigenvalue weighted by atomic mass is 9.98. The molecule has 2 N–H and O–H groups in total. The van der Waals surface area contributed by atoms with E-state index in [0.717, 1.165) is 17.7 Å². The van der Waals surface area contributed by atoms with Crippen molar-refractivity contribution in [1.82, 2.24) is 9.47 Å². The molecule has 0 saturated carbocycles. The Hall–Kier alpha value is -3.75. The Kier molecular flexibility index (Phi) is 5.88. The highest BCUT2D eigenvalue weighted by atomic mass is 19.4. The Bertz CT molecular complexity index is 1240. The lowest BCUT2D eigenvalue weighted by Gasteiger charge is -2.32. The topological polar surface area (TPSA) is 82.8 Å². The normalized spacial score (nSPS) is 16.6. The van der Waals surface area contributed by atoms with E-state index in [1.807, 2.05) is 30.3 Å². The minimum atomic E-state index is -4.63. The molecule has 2 aromatic carbocycles. The van der Waals surface area contributed by atoms with Crippen molar-refractivity contribution in [3.63, 3.8) is 0 Å². The third-order valence-corrected chi connectivity index (χ3v) is 5.83. The highest BCUT2D eigenvalue weighted by Crippen LogP contribution is 2.37. The number of phenols is 1. The summed E-state index contributed by atoms with van der Waals surface area (Å²) in [6, 6.07) is 12.7. The summed E-state index contributed by atoms with van der Waals surface area (Å²) in [6.45, 7) is 0.484. The standard InChI is InChI=1S/C24H21F3N2O4/c25-24(26,27)17-8-9-19(21(30)12-17)20-11-16(15-5-2-1-3-6-15)13-29(22(20)31)18-7-4-10-28(14-18)23(32)33/h1-3,5-6,8-9,11-13,18,30H,4,7,10,14H2,(H,32,33). The van der Waals surface area contributed by atoms with Gasteiger partial charge in [0.25, 0.3) is 5.56 Å². The fourth-order valence-electron chi connectivity index (χ4n) is 4.15. The van der Waals surface area contributed by atoms with Crippen LogP contribution in [-0.2, 0) is 6.18 Å². The number of amides is 1. The van der Waals surface area contributed by atoms with Crippen molar-refractivity contribution in [3.05, 3.63) is 76.7 Å². The van der Waals surface area contributed by atoms with Crippen LogP contribution in [0.5, 0.6) is 5.75 Å². The van der Waals surface area contributed by atoms with Gasteiger partial charge < -0.3 is 19.7 Å². The van der Waals surface area contributed by atoms with E-state index in [1.54, 1.807) is 6.20 Å². The van der Waals surface area contributed by atoms with Crippen LogP contribution in [0.3, 0.4) is 0 Å². The zero-order valence-corrected chi connectivity index (χ0v) is 17.4. The smallest absolute Gasteiger partial charge is 0.416 e. The summed E-state index contributed by atoms with van der Waals surface area (Å²) in [6.07, 6.45) is -2.93. The molecular weight excluding hydrogens is 437 g/mol. The first-order valence-electron chi connectivity index (χ1n) is 10.3. The number of benzene rings is 2. The van der Waals surface area contributed by atoms with Crippen LogP contribution in [0.4, 0.5) is 18.0 Å². The van der Waals surface area contributed by atoms with Gasteiger partial charge in [-0.05, 0) is 48.2 Å². The first kappa shape index (κ1) is 22.4. The molecule has 9 heteroatoms. The summed E-state index contributed by atoms with van der Waals surface area (Å²) in [7, 11) is 0. The summed E-state index contributed by atoms with van der Waals surface area (Å²) in [5, 5.41) is 19.8. The lowest BCUT2D eigenvalue weighted by molar-refractivity contribution is -0.137. The minimum absolute atomic E-state index is 0.0227. The number of carbonyl (C=O) groups is 1. The molecular formula is C24H21F3N2O4. The zero-order chi connectivity index (χ0) is 23.8. The van der Waals surface area contributed by atoms with Crippen molar-refractivity contribution in [2.75, 3.05) is 13.1 Å². The number of piperidine rings is 1. The predicted molar refractivity (Wildman–Crippen MR) is 116 cm³/mol. The Morgan fingerprint density at radius 1 is 1.00 bits per heavy atom. The average Bonchev–Trinajstić information content (AvgIpc) is 2.79. The first-order chi connectivity index (χ1) is 15.6. The monoisotopic (exact) mass is 458 g/mol. The molecule has 3 aromatic rings. The molecule has 1 aliphatic rings. The van der Waals surface area contributed by atoms with Gasteiger partial charge in [-0.25, -0.2) is 4.79 Å². The van der Waals surface area contributed by atoms with Crippen LogP contribution in [0.2, 0.25) is 0 Å². The van der Waals surface area contributed by atoms with E-state index in [-0.39, 0.29) is 17.7 Å². The predicted octanol–water partition coefficient (Wildman–Crippen LogP) is 5.22.